The lowest BCUT2D eigenvalue weighted by Crippen LogP contribution is -2.52. The van der Waals surface area contributed by atoms with Gasteiger partial charge in [-0.25, -0.2) is 9.97 Å². The van der Waals surface area contributed by atoms with E-state index in [4.69, 9.17) is 9.97 Å². The van der Waals surface area contributed by atoms with E-state index in [1.54, 1.807) is 0 Å². The minimum atomic E-state index is -0.0934. The van der Waals surface area contributed by atoms with E-state index >= 15 is 0 Å². The van der Waals surface area contributed by atoms with Gasteiger partial charge in [-0.15, -0.1) is 0 Å². The number of rotatable bonds is 3. The van der Waals surface area contributed by atoms with E-state index in [0.29, 0.717) is 0 Å². The summed E-state index contributed by atoms with van der Waals surface area (Å²) in [5.41, 5.74) is 3.46. The molecule has 0 amide bonds. The maximum absolute atomic E-state index is 4.78. The van der Waals surface area contributed by atoms with Crippen molar-refractivity contribution >= 4 is 0 Å². The molecular weight excluding hydrogens is 236 g/mol. The molecule has 1 N–H and O–H groups in total. The molecule has 1 aromatic heterocycles. The summed E-state index contributed by atoms with van der Waals surface area (Å²) in [5.74, 6) is 0.960. The first-order valence-corrected chi connectivity index (χ1v) is 7.27. The summed E-state index contributed by atoms with van der Waals surface area (Å²) >= 11 is 0. The predicted molar refractivity (Wildman–Crippen MR) is 78.4 cm³/mol. The van der Waals surface area contributed by atoms with Gasteiger partial charge in [0.2, 0.25) is 0 Å². The second-order valence-corrected chi connectivity index (χ2v) is 5.85. The minimum Gasteiger partial charge on any atom is -0.314 e. The number of nitrogens with one attached hydrogen (secondary N) is 1. The number of piperazine rings is 1. The molecule has 0 bridgehead atoms. The maximum atomic E-state index is 4.78. The van der Waals surface area contributed by atoms with Gasteiger partial charge < -0.3 is 5.32 Å². The van der Waals surface area contributed by atoms with Gasteiger partial charge in [0.15, 0.2) is 0 Å². The molecule has 4 heteroatoms. The number of hydrogen-bond donors (Lipinski definition) is 1. The van der Waals surface area contributed by atoms with E-state index in [-0.39, 0.29) is 5.54 Å². The molecule has 19 heavy (non-hydrogen) atoms. The molecule has 1 fully saturated rings. The quantitative estimate of drug-likeness (QED) is 0.902. The van der Waals surface area contributed by atoms with Crippen LogP contribution >= 0.6 is 0 Å². The molecule has 0 aromatic carbocycles. The van der Waals surface area contributed by atoms with Gasteiger partial charge in [0.25, 0.3) is 0 Å². The summed E-state index contributed by atoms with van der Waals surface area (Å²) < 4.78 is 0. The first-order chi connectivity index (χ1) is 8.96. The van der Waals surface area contributed by atoms with Crippen molar-refractivity contribution < 1.29 is 0 Å². The SMILES string of the molecule is CCc1c(C)nc(C(C)(C)N2CCNCC2)nc1C. The molecule has 4 nitrogen and oxygen atoms in total. The van der Waals surface area contributed by atoms with E-state index in [2.05, 4.69) is 44.8 Å². The number of aromatic nitrogens is 2. The number of aryl methyl sites for hydroxylation is 2. The Morgan fingerprint density at radius 2 is 1.63 bits per heavy atom. The van der Waals surface area contributed by atoms with Crippen molar-refractivity contribution in [1.82, 2.24) is 20.2 Å². The van der Waals surface area contributed by atoms with E-state index < -0.39 is 0 Å². The first-order valence-electron chi connectivity index (χ1n) is 7.27. The fourth-order valence-corrected chi connectivity index (χ4v) is 2.89. The van der Waals surface area contributed by atoms with Crippen molar-refractivity contribution in [2.75, 3.05) is 26.2 Å². The third-order valence-electron chi connectivity index (χ3n) is 4.23. The highest BCUT2D eigenvalue weighted by atomic mass is 15.3. The summed E-state index contributed by atoms with van der Waals surface area (Å²) in [6, 6.07) is 0. The Kier molecular flexibility index (Phi) is 4.21. The van der Waals surface area contributed by atoms with Gasteiger partial charge >= 0.3 is 0 Å². The Hall–Kier alpha value is -1.00. The van der Waals surface area contributed by atoms with Crippen LogP contribution in [0.2, 0.25) is 0 Å². The summed E-state index contributed by atoms with van der Waals surface area (Å²) in [6.45, 7) is 15.1. The molecule has 1 aromatic rings. The highest BCUT2D eigenvalue weighted by molar-refractivity contribution is 5.25. The Balaban J connectivity index is 2.34. The van der Waals surface area contributed by atoms with Gasteiger partial charge in [-0.1, -0.05) is 6.92 Å². The predicted octanol–water partition coefficient (Wildman–Crippen LogP) is 1.80. The molecule has 1 saturated heterocycles. The first kappa shape index (κ1) is 14.4. The van der Waals surface area contributed by atoms with E-state index in [1.807, 2.05) is 0 Å². The van der Waals surface area contributed by atoms with E-state index in [0.717, 1.165) is 49.8 Å². The van der Waals surface area contributed by atoms with Crippen molar-refractivity contribution in [2.24, 2.45) is 0 Å². The molecule has 0 unspecified atom stereocenters. The van der Waals surface area contributed by atoms with Crippen LogP contribution in [0, 0.1) is 13.8 Å². The zero-order valence-corrected chi connectivity index (χ0v) is 12.9. The van der Waals surface area contributed by atoms with Gasteiger partial charge in [-0.2, -0.15) is 0 Å². The van der Waals surface area contributed by atoms with Crippen molar-refractivity contribution in [3.63, 3.8) is 0 Å². The van der Waals surface area contributed by atoms with Crippen LogP contribution in [0.5, 0.6) is 0 Å². The van der Waals surface area contributed by atoms with Crippen molar-refractivity contribution in [3.8, 4) is 0 Å². The molecule has 2 heterocycles. The normalized spacial score (nSPS) is 17.7. The fourth-order valence-electron chi connectivity index (χ4n) is 2.89. The van der Waals surface area contributed by atoms with Crippen LogP contribution in [0.4, 0.5) is 0 Å². The summed E-state index contributed by atoms with van der Waals surface area (Å²) in [4.78, 5) is 12.0. The van der Waals surface area contributed by atoms with Crippen LogP contribution in [0.25, 0.3) is 0 Å². The average molecular weight is 262 g/mol. The second kappa shape index (κ2) is 5.55. The topological polar surface area (TPSA) is 41.1 Å². The van der Waals surface area contributed by atoms with Crippen LogP contribution < -0.4 is 5.32 Å². The molecule has 1 aliphatic rings. The van der Waals surface area contributed by atoms with E-state index in [9.17, 15) is 0 Å². The van der Waals surface area contributed by atoms with Crippen molar-refractivity contribution in [2.45, 2.75) is 46.6 Å². The standard InChI is InChI=1S/C15H26N4/c1-6-13-11(2)17-14(18-12(13)3)15(4,5)19-9-7-16-8-10-19/h16H,6-10H2,1-5H3. The molecule has 106 valence electrons. The largest absolute Gasteiger partial charge is 0.314 e. The van der Waals surface area contributed by atoms with Gasteiger partial charge in [-0.3, -0.25) is 4.90 Å². The Bertz CT molecular complexity index is 424. The number of nitrogens with zero attached hydrogens (tertiary/aromatic N) is 3. The zero-order valence-electron chi connectivity index (χ0n) is 12.9. The summed E-state index contributed by atoms with van der Waals surface area (Å²) in [6.07, 6.45) is 1.01. The smallest absolute Gasteiger partial charge is 0.148 e. The lowest BCUT2D eigenvalue weighted by molar-refractivity contribution is 0.0944. The molecule has 1 aliphatic heterocycles. The third kappa shape index (κ3) is 2.79. The van der Waals surface area contributed by atoms with Gasteiger partial charge in [0, 0.05) is 37.6 Å². The second-order valence-electron chi connectivity index (χ2n) is 5.85. The highest BCUT2D eigenvalue weighted by Crippen LogP contribution is 2.26. The molecule has 2 rings (SSSR count). The van der Waals surface area contributed by atoms with E-state index in [1.165, 1.54) is 5.56 Å². The average Bonchev–Trinajstić information content (AvgIpc) is 2.39. The maximum Gasteiger partial charge on any atom is 0.148 e. The van der Waals surface area contributed by atoms with Crippen LogP contribution in [-0.4, -0.2) is 41.0 Å². The molecule has 0 aliphatic carbocycles. The Morgan fingerprint density at radius 1 is 1.11 bits per heavy atom. The molecule has 0 saturated carbocycles. The highest BCUT2D eigenvalue weighted by Gasteiger charge is 2.32. The molecule has 0 spiro atoms. The van der Waals surface area contributed by atoms with Crippen LogP contribution in [-0.2, 0) is 12.0 Å². The Labute approximate surface area is 116 Å². The van der Waals surface area contributed by atoms with Crippen molar-refractivity contribution in [1.29, 1.82) is 0 Å². The summed E-state index contributed by atoms with van der Waals surface area (Å²) in [7, 11) is 0. The van der Waals surface area contributed by atoms with Crippen LogP contribution in [0.15, 0.2) is 0 Å². The van der Waals surface area contributed by atoms with Crippen LogP contribution in [0.1, 0.15) is 43.5 Å². The zero-order chi connectivity index (χ0) is 14.0. The van der Waals surface area contributed by atoms with Gasteiger partial charge in [-0.05, 0) is 39.7 Å². The lowest BCUT2D eigenvalue weighted by atomic mass is 9.99. The van der Waals surface area contributed by atoms with Gasteiger partial charge in [0.1, 0.15) is 5.82 Å². The van der Waals surface area contributed by atoms with Crippen molar-refractivity contribution in [3.05, 3.63) is 22.8 Å². The third-order valence-corrected chi connectivity index (χ3v) is 4.23. The van der Waals surface area contributed by atoms with Crippen LogP contribution in [0.3, 0.4) is 0 Å². The monoisotopic (exact) mass is 262 g/mol. The molecule has 0 radical (unpaired) electrons. The Morgan fingerprint density at radius 3 is 2.11 bits per heavy atom. The number of hydrogen-bond acceptors (Lipinski definition) is 4. The molecular formula is C15H26N4. The fraction of sp³-hybridized carbons (Fsp3) is 0.733. The minimum absolute atomic E-state index is 0.0934. The van der Waals surface area contributed by atoms with Gasteiger partial charge in [0.05, 0.1) is 5.54 Å². The lowest BCUT2D eigenvalue weighted by Gasteiger charge is -2.40. The summed E-state index contributed by atoms with van der Waals surface area (Å²) in [5, 5.41) is 3.40. The molecule has 0 atom stereocenters.